The van der Waals surface area contributed by atoms with Crippen molar-refractivity contribution in [2.75, 3.05) is 44.6 Å². The summed E-state index contributed by atoms with van der Waals surface area (Å²) in [5.74, 6) is -8.78. The van der Waals surface area contributed by atoms with Gasteiger partial charge < -0.3 is 29.3 Å². The number of nitrogens with zero attached hydrogens (tertiary/aromatic N) is 6. The summed E-state index contributed by atoms with van der Waals surface area (Å²) in [4.78, 5) is 86.8. The van der Waals surface area contributed by atoms with Crippen LogP contribution < -0.4 is 40.6 Å². The van der Waals surface area contributed by atoms with E-state index < -0.39 is 107 Å². The average Bonchev–Trinajstić information content (AvgIpc) is 2.93. The minimum Gasteiger partial charge on any atom is -0.408 e. The first-order valence-corrected chi connectivity index (χ1v) is 27.6. The summed E-state index contributed by atoms with van der Waals surface area (Å²) in [6.07, 6.45) is -0.939. The summed E-state index contributed by atoms with van der Waals surface area (Å²) in [5, 5.41) is 5.16. The zero-order valence-corrected chi connectivity index (χ0v) is 45.3. The van der Waals surface area contributed by atoms with Crippen LogP contribution in [-0.4, -0.2) is 79.4 Å². The molecule has 0 spiro atoms. The van der Waals surface area contributed by atoms with Crippen molar-refractivity contribution in [1.82, 2.24) is 19.8 Å². The normalized spacial score (nSPS) is 13.4. The molecule has 2 N–H and O–H groups in total. The third-order valence-corrected chi connectivity index (χ3v) is 15.8. The van der Waals surface area contributed by atoms with Crippen molar-refractivity contribution in [2.24, 2.45) is 0 Å². The lowest BCUT2D eigenvalue weighted by atomic mass is 10.0. The van der Waals surface area contributed by atoms with Crippen LogP contribution in [0.2, 0.25) is 0 Å². The van der Waals surface area contributed by atoms with E-state index in [1.807, 2.05) is 60.7 Å². The number of hydrogen-bond acceptors (Lipinski definition) is 10. The molecule has 18 nitrogen and oxygen atoms in total. The third kappa shape index (κ3) is 12.2. The molecular weight excluding hydrogens is 1100 g/mol. The predicted octanol–water partition coefficient (Wildman–Crippen LogP) is 7.59. The van der Waals surface area contributed by atoms with Gasteiger partial charge in [-0.3, -0.25) is 28.3 Å². The van der Waals surface area contributed by atoms with Crippen molar-refractivity contribution in [3.8, 4) is 0 Å². The lowest BCUT2D eigenvalue weighted by Gasteiger charge is -2.28. The molecule has 10 rings (SSSR count). The van der Waals surface area contributed by atoms with Crippen molar-refractivity contribution in [3.63, 3.8) is 0 Å². The second-order valence-electron chi connectivity index (χ2n) is 19.6. The molecule has 0 unspecified atom stereocenters. The van der Waals surface area contributed by atoms with Gasteiger partial charge in [-0.1, -0.05) is 72.8 Å². The number of hydrogen-bond donors (Lipinski definition) is 2. The molecule has 0 saturated heterocycles. The zero-order valence-electron chi connectivity index (χ0n) is 44.5. The van der Waals surface area contributed by atoms with E-state index in [1.54, 1.807) is 26.0 Å². The molecule has 426 valence electrons. The van der Waals surface area contributed by atoms with Gasteiger partial charge in [-0.05, 0) is 109 Å². The molecule has 0 aliphatic carbocycles. The van der Waals surface area contributed by atoms with Gasteiger partial charge in [0.05, 0.1) is 35.5 Å². The minimum absolute atomic E-state index is 0.0124. The van der Waals surface area contributed by atoms with Gasteiger partial charge in [0, 0.05) is 49.4 Å². The third-order valence-electron chi connectivity index (χ3n) is 14.0. The quantitative estimate of drug-likeness (QED) is 0.0715. The Bertz CT molecular complexity index is 3890. The van der Waals surface area contributed by atoms with E-state index >= 15 is 0 Å². The molecule has 1 aliphatic heterocycles. The summed E-state index contributed by atoms with van der Waals surface area (Å²) in [6, 6.07) is 35.1. The molecule has 0 fully saturated rings. The van der Waals surface area contributed by atoms with Gasteiger partial charge in [0.25, 0.3) is 0 Å². The Labute approximate surface area is 471 Å². The lowest BCUT2D eigenvalue weighted by Crippen LogP contribution is -2.54. The van der Waals surface area contributed by atoms with E-state index in [9.17, 15) is 54.7 Å². The van der Waals surface area contributed by atoms with Crippen molar-refractivity contribution >= 4 is 78.8 Å². The maximum absolute atomic E-state index is 14.8. The van der Waals surface area contributed by atoms with Crippen molar-refractivity contribution in [2.45, 2.75) is 51.9 Å². The number of amides is 4. The van der Waals surface area contributed by atoms with E-state index in [0.29, 0.717) is 31.8 Å². The van der Waals surface area contributed by atoms with Crippen LogP contribution in [0.1, 0.15) is 36.1 Å². The topological polar surface area (TPSA) is 210 Å². The van der Waals surface area contributed by atoms with Crippen LogP contribution in [0, 0.1) is 23.3 Å². The van der Waals surface area contributed by atoms with Crippen LogP contribution in [0.15, 0.2) is 176 Å². The molecule has 4 amide bonds. The highest BCUT2D eigenvalue weighted by Gasteiger charge is 2.43. The molecule has 23 heteroatoms. The van der Waals surface area contributed by atoms with Gasteiger partial charge in [0.1, 0.15) is 48.4 Å². The first-order chi connectivity index (χ1) is 39.9. The van der Waals surface area contributed by atoms with E-state index in [4.69, 9.17) is 8.83 Å². The fourth-order valence-electron chi connectivity index (χ4n) is 10.2. The molecule has 83 heavy (non-hydrogen) atoms. The summed E-state index contributed by atoms with van der Waals surface area (Å²) in [5.41, 5.74) is 3.07. The first-order valence-electron chi connectivity index (χ1n) is 26.2. The summed E-state index contributed by atoms with van der Waals surface area (Å²) in [6.45, 7) is 1.57. The highest BCUT2D eigenvalue weighted by Crippen LogP contribution is 2.40. The SMILES string of the molecule is CCN(C(=O)[C@H](Cc1cc(F)cc(F)c1)NC(=O)CN1c2ccccc2N(CC(=O)N[C@@H](Cc2cc(F)cc(F)c2)C(=O)N(CC)c2ccc3oc(=O)n(Cc4ccccc4)c3c2)S1(=O)=O)c1ccc2oc(=O)n(Cc3ccccc3)c2c1. The maximum Gasteiger partial charge on any atom is 0.420 e. The number of carbonyl (C=O) groups excluding carboxylic acids is 4. The Morgan fingerprint density at radius 3 is 1.22 bits per heavy atom. The van der Waals surface area contributed by atoms with Crippen LogP contribution in [0.25, 0.3) is 22.2 Å². The number of anilines is 4. The molecule has 0 bridgehead atoms. The Morgan fingerprint density at radius 2 is 0.855 bits per heavy atom. The lowest BCUT2D eigenvalue weighted by molar-refractivity contribution is -0.126. The number of oxazole rings is 2. The fraction of sp³-hybridized carbons (Fsp3) is 0.200. The fourth-order valence-corrected chi connectivity index (χ4v) is 11.8. The number of likely N-dealkylation sites (N-methyl/N-ethyl adjacent to an activating group) is 2. The Balaban J connectivity index is 0.904. The van der Waals surface area contributed by atoms with Gasteiger partial charge in [0.15, 0.2) is 11.2 Å². The molecule has 2 atom stereocenters. The second-order valence-corrected chi connectivity index (χ2v) is 21.3. The number of para-hydroxylation sites is 2. The number of carbonyl (C=O) groups is 4. The van der Waals surface area contributed by atoms with Crippen LogP contribution in [0.3, 0.4) is 0 Å². The van der Waals surface area contributed by atoms with Gasteiger partial charge >= 0.3 is 21.7 Å². The number of benzene rings is 7. The number of halogens is 4. The minimum atomic E-state index is -4.87. The molecule has 2 aromatic heterocycles. The van der Waals surface area contributed by atoms with Crippen molar-refractivity contribution in [3.05, 3.63) is 224 Å². The largest absolute Gasteiger partial charge is 0.420 e. The summed E-state index contributed by atoms with van der Waals surface area (Å²) in [7, 11) is -4.87. The van der Waals surface area contributed by atoms with E-state index in [1.165, 1.54) is 67.5 Å². The molecule has 0 saturated carbocycles. The molecule has 1 aliphatic rings. The van der Waals surface area contributed by atoms with Crippen LogP contribution in [0.5, 0.6) is 0 Å². The molecule has 0 radical (unpaired) electrons. The van der Waals surface area contributed by atoms with Gasteiger partial charge in [0.2, 0.25) is 23.6 Å². The average molecular weight is 1150 g/mol. The van der Waals surface area contributed by atoms with Gasteiger partial charge in [-0.25, -0.2) is 35.8 Å². The van der Waals surface area contributed by atoms with Crippen LogP contribution in [-0.2, 0) is 55.3 Å². The molecule has 7 aromatic carbocycles. The number of nitrogens with one attached hydrogen (secondary N) is 2. The van der Waals surface area contributed by atoms with Crippen molar-refractivity contribution in [1.29, 1.82) is 0 Å². The smallest absolute Gasteiger partial charge is 0.408 e. The number of fused-ring (bicyclic) bond motifs is 3. The van der Waals surface area contributed by atoms with E-state index in [2.05, 4.69) is 10.6 Å². The Kier molecular flexibility index (Phi) is 16.2. The summed E-state index contributed by atoms with van der Waals surface area (Å²) >= 11 is 0. The van der Waals surface area contributed by atoms with Crippen molar-refractivity contribution < 1.29 is 54.0 Å². The van der Waals surface area contributed by atoms with E-state index in [-0.39, 0.29) is 71.2 Å². The molecule has 9 aromatic rings. The Hall–Kier alpha value is -9.77. The second kappa shape index (κ2) is 23.7. The molecular formula is C60H52F4N8O10S. The zero-order chi connectivity index (χ0) is 58.7. The van der Waals surface area contributed by atoms with Crippen LogP contribution in [0.4, 0.5) is 40.3 Å². The number of aromatic nitrogens is 2. The molecule has 3 heterocycles. The van der Waals surface area contributed by atoms with Gasteiger partial charge in [-0.2, -0.15) is 8.42 Å². The monoisotopic (exact) mass is 1150 g/mol. The highest BCUT2D eigenvalue weighted by molar-refractivity contribution is 7.94. The van der Waals surface area contributed by atoms with E-state index in [0.717, 1.165) is 35.4 Å². The van der Waals surface area contributed by atoms with Crippen LogP contribution >= 0.6 is 0 Å². The standard InChI is InChI=1S/C60H52F4N8O10S/c1-3-67(45-19-21-53-51(31-45)69(59(77)81-53)33-37-13-7-5-8-14-37)57(75)47(27-39-23-41(61)29-42(62)24-39)65-55(73)35-71-49-17-11-12-18-50(49)72(83(71,79)80)36-56(74)66-48(28-40-25-43(63)30-44(64)26-40)58(76)68(4-2)46-20-22-54-52(32-46)70(60(78)82-54)34-38-15-9-6-10-16-38/h5-26,29-32,47-48H,3-4,27-28,33-36H2,1-2H3,(H,65,73)(H,66,74)/t47-,48-/m0/s1. The maximum atomic E-state index is 14.8. The summed E-state index contributed by atoms with van der Waals surface area (Å²) < 4.78 is 103. The highest BCUT2D eigenvalue weighted by atomic mass is 32.2. The van der Waals surface area contributed by atoms with Gasteiger partial charge in [-0.15, -0.1) is 0 Å². The number of rotatable bonds is 20. The Morgan fingerprint density at radius 1 is 0.494 bits per heavy atom. The predicted molar refractivity (Wildman–Crippen MR) is 302 cm³/mol. The first kappa shape index (κ1) is 56.5.